The summed E-state index contributed by atoms with van der Waals surface area (Å²) in [6.07, 6.45) is 0.977. The van der Waals surface area contributed by atoms with Gasteiger partial charge in [-0.05, 0) is 47.1 Å². The highest BCUT2D eigenvalue weighted by atomic mass is 32.1. The number of aromatic amines is 1. The van der Waals surface area contributed by atoms with E-state index in [0.717, 1.165) is 11.3 Å². The summed E-state index contributed by atoms with van der Waals surface area (Å²) < 4.78 is 2.14. The van der Waals surface area contributed by atoms with Crippen LogP contribution in [0.2, 0.25) is 0 Å². The minimum Gasteiger partial charge on any atom is -0.323 e. The molecule has 0 aromatic carbocycles. The summed E-state index contributed by atoms with van der Waals surface area (Å²) in [5, 5.41) is 4.69. The lowest BCUT2D eigenvalue weighted by atomic mass is 10.2. The van der Waals surface area contributed by atoms with Crippen molar-refractivity contribution in [2.45, 2.75) is 19.9 Å². The second-order valence-electron chi connectivity index (χ2n) is 4.21. The lowest BCUT2D eigenvalue weighted by molar-refractivity contribution is 0.739. The number of aryl methyl sites for hydroxylation is 1. The Bertz CT molecular complexity index is 837. The quantitative estimate of drug-likeness (QED) is 0.748. The number of nitrogens with zero attached hydrogens (tertiary/aromatic N) is 1. The van der Waals surface area contributed by atoms with Gasteiger partial charge in [-0.15, -0.1) is 22.7 Å². The third-order valence-electron chi connectivity index (χ3n) is 3.13. The fraction of sp³-hybridized carbons (Fsp3) is 0.231. The van der Waals surface area contributed by atoms with Gasteiger partial charge in [0.1, 0.15) is 4.83 Å². The minimum absolute atomic E-state index is 0.00421. The maximum Gasteiger partial charge on any atom is 0.263 e. The van der Waals surface area contributed by atoms with Crippen molar-refractivity contribution >= 4 is 45.1 Å². The summed E-state index contributed by atoms with van der Waals surface area (Å²) >= 11 is 8.49. The van der Waals surface area contributed by atoms with E-state index in [4.69, 9.17) is 12.2 Å². The molecule has 0 bridgehead atoms. The number of fused-ring (bicyclic) bond motifs is 1. The van der Waals surface area contributed by atoms with E-state index in [1.165, 1.54) is 21.8 Å². The molecule has 3 rings (SSSR count). The fourth-order valence-electron chi connectivity index (χ4n) is 2.08. The Hall–Kier alpha value is -1.24. The normalized spacial score (nSPS) is 11.2. The highest BCUT2D eigenvalue weighted by molar-refractivity contribution is 7.71. The van der Waals surface area contributed by atoms with Gasteiger partial charge in [0, 0.05) is 4.88 Å². The molecule has 1 N–H and O–H groups in total. The van der Waals surface area contributed by atoms with Crippen molar-refractivity contribution < 1.29 is 0 Å². The molecule has 0 spiro atoms. The van der Waals surface area contributed by atoms with E-state index < -0.39 is 0 Å². The summed E-state index contributed by atoms with van der Waals surface area (Å²) in [7, 11) is 0. The van der Waals surface area contributed by atoms with Crippen LogP contribution in [0.4, 0.5) is 0 Å². The molecule has 0 aliphatic heterocycles. The number of H-pyrrole nitrogens is 1. The summed E-state index contributed by atoms with van der Waals surface area (Å²) in [5.41, 5.74) is 1.28. The third kappa shape index (κ3) is 2.20. The zero-order valence-electron chi connectivity index (χ0n) is 10.3. The SMILES string of the molecule is CCc1ccsc1Cn1c(=S)[nH]c2sccc2c1=O. The number of thiophene rings is 2. The Kier molecular flexibility index (Phi) is 3.38. The van der Waals surface area contributed by atoms with Gasteiger partial charge in [-0.2, -0.15) is 0 Å². The Balaban J connectivity index is 2.15. The van der Waals surface area contributed by atoms with Crippen LogP contribution < -0.4 is 5.56 Å². The van der Waals surface area contributed by atoms with Gasteiger partial charge in [-0.3, -0.25) is 9.36 Å². The first kappa shape index (κ1) is 12.8. The Morgan fingerprint density at radius 3 is 2.89 bits per heavy atom. The molecule has 0 unspecified atom stereocenters. The van der Waals surface area contributed by atoms with Crippen LogP contribution in [0.25, 0.3) is 10.2 Å². The molecule has 0 radical (unpaired) electrons. The fourth-order valence-corrected chi connectivity index (χ4v) is 4.14. The molecule has 0 amide bonds. The van der Waals surface area contributed by atoms with Gasteiger partial charge in [0.2, 0.25) is 0 Å². The van der Waals surface area contributed by atoms with Crippen LogP contribution in [0.3, 0.4) is 0 Å². The average molecular weight is 308 g/mol. The molecular formula is C13H12N2OS3. The smallest absolute Gasteiger partial charge is 0.263 e. The first-order chi connectivity index (χ1) is 9.20. The predicted molar refractivity (Wildman–Crippen MR) is 84.1 cm³/mol. The molecule has 0 atom stereocenters. The maximum atomic E-state index is 12.4. The standard InChI is InChI=1S/C13H12N2OS3/c1-2-8-3-5-18-10(8)7-15-12(16)9-4-6-19-11(9)14-13(15)17/h3-6H,2,7H2,1H3,(H,14,17). The highest BCUT2D eigenvalue weighted by Gasteiger charge is 2.09. The lowest BCUT2D eigenvalue weighted by Gasteiger charge is -2.06. The van der Waals surface area contributed by atoms with Crippen LogP contribution >= 0.6 is 34.9 Å². The molecule has 0 aliphatic carbocycles. The number of rotatable bonds is 3. The monoisotopic (exact) mass is 308 g/mol. The van der Waals surface area contributed by atoms with E-state index >= 15 is 0 Å². The Morgan fingerprint density at radius 2 is 2.11 bits per heavy atom. The van der Waals surface area contributed by atoms with E-state index in [-0.39, 0.29) is 5.56 Å². The van der Waals surface area contributed by atoms with Crippen molar-refractivity contribution in [3.05, 3.63) is 48.5 Å². The van der Waals surface area contributed by atoms with E-state index in [0.29, 0.717) is 16.7 Å². The van der Waals surface area contributed by atoms with Gasteiger partial charge in [0.15, 0.2) is 4.77 Å². The molecule has 3 aromatic heterocycles. The Morgan fingerprint density at radius 1 is 1.32 bits per heavy atom. The number of hydrogen-bond acceptors (Lipinski definition) is 4. The van der Waals surface area contributed by atoms with Crippen LogP contribution in [-0.2, 0) is 13.0 Å². The molecule has 0 aliphatic rings. The Labute approximate surface area is 123 Å². The largest absolute Gasteiger partial charge is 0.323 e. The summed E-state index contributed by atoms with van der Waals surface area (Å²) in [6.45, 7) is 2.68. The predicted octanol–water partition coefficient (Wildman–Crippen LogP) is 3.79. The summed E-state index contributed by atoms with van der Waals surface area (Å²) in [6, 6.07) is 3.96. The van der Waals surface area contributed by atoms with Crippen molar-refractivity contribution in [1.29, 1.82) is 0 Å². The van der Waals surface area contributed by atoms with Crippen molar-refractivity contribution in [3.8, 4) is 0 Å². The minimum atomic E-state index is -0.00421. The van der Waals surface area contributed by atoms with E-state index in [9.17, 15) is 4.79 Å². The van der Waals surface area contributed by atoms with Crippen LogP contribution in [0.15, 0.2) is 27.7 Å². The van der Waals surface area contributed by atoms with Crippen LogP contribution in [-0.4, -0.2) is 9.55 Å². The first-order valence-corrected chi connectivity index (χ1v) is 8.13. The average Bonchev–Trinajstić information content (AvgIpc) is 3.02. The molecule has 6 heteroatoms. The first-order valence-electron chi connectivity index (χ1n) is 5.96. The second-order valence-corrected chi connectivity index (χ2v) is 6.51. The molecule has 0 fully saturated rings. The van der Waals surface area contributed by atoms with E-state index in [1.54, 1.807) is 15.9 Å². The van der Waals surface area contributed by atoms with Crippen LogP contribution in [0.5, 0.6) is 0 Å². The summed E-state index contributed by atoms with van der Waals surface area (Å²) in [4.78, 5) is 17.6. The van der Waals surface area contributed by atoms with Crippen molar-refractivity contribution in [1.82, 2.24) is 9.55 Å². The molecule has 3 heterocycles. The number of nitrogens with one attached hydrogen (secondary N) is 1. The highest BCUT2D eigenvalue weighted by Crippen LogP contribution is 2.19. The van der Waals surface area contributed by atoms with Gasteiger partial charge >= 0.3 is 0 Å². The second kappa shape index (κ2) is 5.03. The van der Waals surface area contributed by atoms with Crippen molar-refractivity contribution in [3.63, 3.8) is 0 Å². The molecular weight excluding hydrogens is 296 g/mol. The van der Waals surface area contributed by atoms with Gasteiger partial charge in [0.25, 0.3) is 5.56 Å². The van der Waals surface area contributed by atoms with Crippen LogP contribution in [0, 0.1) is 4.77 Å². The van der Waals surface area contributed by atoms with Gasteiger partial charge in [0.05, 0.1) is 11.9 Å². The van der Waals surface area contributed by atoms with Gasteiger partial charge in [-0.25, -0.2) is 0 Å². The molecule has 19 heavy (non-hydrogen) atoms. The molecule has 98 valence electrons. The zero-order chi connectivity index (χ0) is 13.4. The van der Waals surface area contributed by atoms with Gasteiger partial charge < -0.3 is 4.98 Å². The van der Waals surface area contributed by atoms with Crippen molar-refractivity contribution in [2.75, 3.05) is 0 Å². The molecule has 3 nitrogen and oxygen atoms in total. The van der Waals surface area contributed by atoms with Crippen LogP contribution in [0.1, 0.15) is 17.4 Å². The maximum absolute atomic E-state index is 12.4. The van der Waals surface area contributed by atoms with Gasteiger partial charge in [-0.1, -0.05) is 6.92 Å². The third-order valence-corrected chi connectivity index (χ3v) is 5.23. The lowest BCUT2D eigenvalue weighted by Crippen LogP contribution is -2.22. The topological polar surface area (TPSA) is 37.8 Å². The van der Waals surface area contributed by atoms with Crippen molar-refractivity contribution in [2.24, 2.45) is 0 Å². The number of hydrogen-bond donors (Lipinski definition) is 1. The molecule has 0 saturated carbocycles. The van der Waals surface area contributed by atoms with E-state index in [2.05, 4.69) is 23.4 Å². The summed E-state index contributed by atoms with van der Waals surface area (Å²) in [5.74, 6) is 0. The molecule has 0 saturated heterocycles. The molecule has 3 aromatic rings. The van der Waals surface area contributed by atoms with E-state index in [1.807, 2.05) is 11.4 Å². The number of aromatic nitrogens is 2. The zero-order valence-corrected chi connectivity index (χ0v) is 12.8.